The minimum atomic E-state index is -0.298. The van der Waals surface area contributed by atoms with Gasteiger partial charge in [0.2, 0.25) is 5.91 Å². The molecule has 2 bridgehead atoms. The molecule has 0 radical (unpaired) electrons. The SMILES string of the molecule is CC(=O)Oc1ccc2c3c1C[C@@H]1[C@@H]4CC[C@H](N(CC(C)C)C(=O)C=Cc5ccccc5)[C@H](O2)[C@]34CCN1CCc1ccccc1. The summed E-state index contributed by atoms with van der Waals surface area (Å²) in [5.41, 5.74) is 4.53. The van der Waals surface area contributed by atoms with Gasteiger partial charge in [-0.3, -0.25) is 14.5 Å². The molecule has 1 amide bonds. The van der Waals surface area contributed by atoms with Gasteiger partial charge >= 0.3 is 5.97 Å². The number of hydrogen-bond acceptors (Lipinski definition) is 5. The van der Waals surface area contributed by atoms with E-state index >= 15 is 0 Å². The van der Waals surface area contributed by atoms with Crippen molar-refractivity contribution in [3.05, 3.63) is 101 Å². The van der Waals surface area contributed by atoms with Crippen molar-refractivity contribution in [2.24, 2.45) is 11.8 Å². The Kier molecular flexibility index (Phi) is 8.03. The van der Waals surface area contributed by atoms with E-state index in [2.05, 4.69) is 54.0 Å². The summed E-state index contributed by atoms with van der Waals surface area (Å²) in [6.07, 6.45) is 8.31. The summed E-state index contributed by atoms with van der Waals surface area (Å²) in [6.45, 7) is 8.50. The number of likely N-dealkylation sites (tertiary alicyclic amines) is 1. The minimum absolute atomic E-state index is 0.0383. The molecule has 6 heteroatoms. The van der Waals surface area contributed by atoms with Crippen molar-refractivity contribution in [1.82, 2.24) is 9.80 Å². The van der Waals surface area contributed by atoms with Crippen LogP contribution in [0.1, 0.15) is 62.3 Å². The molecule has 1 spiro atoms. The van der Waals surface area contributed by atoms with Gasteiger partial charge < -0.3 is 14.4 Å². The monoisotopic (exact) mass is 604 g/mol. The smallest absolute Gasteiger partial charge is 0.308 e. The average molecular weight is 605 g/mol. The lowest BCUT2D eigenvalue weighted by molar-refractivity contribution is -0.138. The number of carbonyl (C=O) groups is 2. The molecule has 5 atom stereocenters. The van der Waals surface area contributed by atoms with E-state index in [-0.39, 0.29) is 29.4 Å². The van der Waals surface area contributed by atoms with Crippen molar-refractivity contribution < 1.29 is 19.1 Å². The minimum Gasteiger partial charge on any atom is -0.487 e. The highest BCUT2D eigenvalue weighted by Crippen LogP contribution is 2.64. The van der Waals surface area contributed by atoms with Crippen LogP contribution in [0.5, 0.6) is 11.5 Å². The second-order valence-corrected chi connectivity index (χ2v) is 13.8. The van der Waals surface area contributed by atoms with E-state index in [1.807, 2.05) is 48.5 Å². The molecule has 2 aliphatic carbocycles. The van der Waals surface area contributed by atoms with Crippen molar-refractivity contribution in [3.63, 3.8) is 0 Å². The molecule has 7 rings (SSSR count). The summed E-state index contributed by atoms with van der Waals surface area (Å²) >= 11 is 0. The van der Waals surface area contributed by atoms with Gasteiger partial charge in [0.1, 0.15) is 17.6 Å². The Balaban J connectivity index is 1.25. The largest absolute Gasteiger partial charge is 0.487 e. The number of benzene rings is 3. The van der Waals surface area contributed by atoms with Crippen LogP contribution >= 0.6 is 0 Å². The van der Waals surface area contributed by atoms with Crippen LogP contribution in [0.3, 0.4) is 0 Å². The zero-order valence-electron chi connectivity index (χ0n) is 26.7. The van der Waals surface area contributed by atoms with Crippen LogP contribution < -0.4 is 9.47 Å². The number of amides is 1. The molecule has 2 fully saturated rings. The molecule has 3 aromatic carbocycles. The predicted octanol–water partition coefficient (Wildman–Crippen LogP) is 6.46. The van der Waals surface area contributed by atoms with Crippen LogP contribution in [-0.2, 0) is 27.8 Å². The summed E-state index contributed by atoms with van der Waals surface area (Å²) in [7, 11) is 0. The van der Waals surface area contributed by atoms with Crippen molar-refractivity contribution in [1.29, 1.82) is 0 Å². The fourth-order valence-electron chi connectivity index (χ4n) is 8.97. The van der Waals surface area contributed by atoms with Gasteiger partial charge in [-0.2, -0.15) is 0 Å². The van der Waals surface area contributed by atoms with Gasteiger partial charge in [-0.1, -0.05) is 74.5 Å². The normalized spacial score (nSPS) is 26.4. The van der Waals surface area contributed by atoms with E-state index in [0.29, 0.717) is 30.2 Å². The third kappa shape index (κ3) is 5.37. The number of piperidine rings is 1. The molecule has 1 saturated heterocycles. The van der Waals surface area contributed by atoms with E-state index in [1.165, 1.54) is 18.1 Å². The van der Waals surface area contributed by atoms with Gasteiger partial charge in [-0.25, -0.2) is 0 Å². The summed E-state index contributed by atoms with van der Waals surface area (Å²) in [5.74, 6) is 2.06. The predicted molar refractivity (Wildman–Crippen MR) is 176 cm³/mol. The molecular weight excluding hydrogens is 560 g/mol. The quantitative estimate of drug-likeness (QED) is 0.159. The first-order valence-electron chi connectivity index (χ1n) is 16.7. The molecule has 45 heavy (non-hydrogen) atoms. The standard InChI is InChI=1S/C39H44N2O4/c1-26(2)25-41(36(43)19-14-28-10-6-4-7-11-28)32-16-15-31-33-24-30-34(44-27(3)42)17-18-35-37(30)39(31,38(32)45-35)21-23-40(33)22-20-29-12-8-5-9-13-29/h4-14,17-19,26,31-33,38H,15-16,20-25H2,1-3H3/t31-,32-,33+,38-,39-/m0/s1. The van der Waals surface area contributed by atoms with Crippen LogP contribution in [-0.4, -0.2) is 59.5 Å². The topological polar surface area (TPSA) is 59.1 Å². The Bertz CT molecular complexity index is 1590. The first kappa shape index (κ1) is 29.8. The number of carbonyl (C=O) groups excluding carboxylic acids is 2. The van der Waals surface area contributed by atoms with Crippen molar-refractivity contribution >= 4 is 18.0 Å². The van der Waals surface area contributed by atoms with E-state index < -0.39 is 0 Å². The molecule has 4 aliphatic rings. The Morgan fingerprint density at radius 3 is 2.53 bits per heavy atom. The van der Waals surface area contributed by atoms with Crippen molar-refractivity contribution in [2.45, 2.75) is 76.5 Å². The Labute approximate surface area is 267 Å². The fraction of sp³-hybridized carbons (Fsp3) is 0.436. The summed E-state index contributed by atoms with van der Waals surface area (Å²) < 4.78 is 12.9. The first-order chi connectivity index (χ1) is 21.8. The molecular formula is C39H44N2O4. The van der Waals surface area contributed by atoms with Crippen molar-refractivity contribution in [3.8, 4) is 11.5 Å². The highest BCUT2D eigenvalue weighted by molar-refractivity contribution is 5.92. The number of hydrogen-bond donors (Lipinski definition) is 0. The van der Waals surface area contributed by atoms with E-state index in [9.17, 15) is 9.59 Å². The highest BCUT2D eigenvalue weighted by Gasteiger charge is 2.66. The van der Waals surface area contributed by atoms with Gasteiger partial charge in [0.25, 0.3) is 0 Å². The highest BCUT2D eigenvalue weighted by atomic mass is 16.5. The summed E-state index contributed by atoms with van der Waals surface area (Å²) in [6, 6.07) is 25.0. The van der Waals surface area contributed by atoms with Gasteiger partial charge in [-0.15, -0.1) is 0 Å². The third-order valence-electron chi connectivity index (χ3n) is 10.7. The van der Waals surface area contributed by atoms with Gasteiger partial charge in [0.05, 0.1) is 6.04 Å². The summed E-state index contributed by atoms with van der Waals surface area (Å²) in [4.78, 5) is 31.0. The number of esters is 1. The lowest BCUT2D eigenvalue weighted by Gasteiger charge is -2.60. The van der Waals surface area contributed by atoms with E-state index in [1.54, 1.807) is 6.08 Å². The molecule has 1 saturated carbocycles. The second-order valence-electron chi connectivity index (χ2n) is 13.8. The molecule has 6 nitrogen and oxygen atoms in total. The third-order valence-corrected chi connectivity index (χ3v) is 10.7. The van der Waals surface area contributed by atoms with Crippen LogP contribution in [0.2, 0.25) is 0 Å². The van der Waals surface area contributed by atoms with Gasteiger partial charge in [-0.05, 0) is 79.8 Å². The maximum absolute atomic E-state index is 14.0. The van der Waals surface area contributed by atoms with E-state index in [4.69, 9.17) is 9.47 Å². The number of ether oxygens (including phenoxy) is 2. The van der Waals surface area contributed by atoms with E-state index in [0.717, 1.165) is 62.1 Å². The Hall–Kier alpha value is -3.90. The molecule has 0 unspecified atom stereocenters. The Morgan fingerprint density at radius 1 is 1.04 bits per heavy atom. The maximum Gasteiger partial charge on any atom is 0.308 e. The fourth-order valence-corrected chi connectivity index (χ4v) is 8.97. The number of rotatable bonds is 9. The molecule has 3 aromatic rings. The summed E-state index contributed by atoms with van der Waals surface area (Å²) in [5, 5.41) is 0. The van der Waals surface area contributed by atoms with Crippen LogP contribution in [0, 0.1) is 11.8 Å². The van der Waals surface area contributed by atoms with Gasteiger partial charge in [0, 0.05) is 48.7 Å². The van der Waals surface area contributed by atoms with Crippen LogP contribution in [0.25, 0.3) is 6.08 Å². The van der Waals surface area contributed by atoms with Crippen LogP contribution in [0.15, 0.2) is 78.9 Å². The zero-order chi connectivity index (χ0) is 31.1. The molecule has 234 valence electrons. The molecule has 0 N–H and O–H groups in total. The molecule has 0 aromatic heterocycles. The lowest BCUT2D eigenvalue weighted by atomic mass is 9.50. The molecule has 2 heterocycles. The Morgan fingerprint density at radius 2 is 1.80 bits per heavy atom. The van der Waals surface area contributed by atoms with Gasteiger partial charge in [0.15, 0.2) is 0 Å². The molecule has 2 aliphatic heterocycles. The van der Waals surface area contributed by atoms with Crippen LogP contribution in [0.4, 0.5) is 0 Å². The maximum atomic E-state index is 14.0. The lowest BCUT2D eigenvalue weighted by Crippen LogP contribution is -2.69. The van der Waals surface area contributed by atoms with Crippen molar-refractivity contribution in [2.75, 3.05) is 19.6 Å². The number of nitrogens with zero attached hydrogens (tertiary/aromatic N) is 2. The zero-order valence-corrected chi connectivity index (χ0v) is 26.7. The first-order valence-corrected chi connectivity index (χ1v) is 16.7. The second kappa shape index (κ2) is 12.1. The average Bonchev–Trinajstić information content (AvgIpc) is 3.37.